The molecule has 4 aromatic rings. The molecular weight excluding hydrogens is 412 g/mol. The Morgan fingerprint density at radius 2 is 1.67 bits per heavy atom. The number of anilines is 1. The lowest BCUT2D eigenvalue weighted by Crippen LogP contribution is -2.14. The van der Waals surface area contributed by atoms with Gasteiger partial charge in [-0.2, -0.15) is 0 Å². The van der Waals surface area contributed by atoms with E-state index in [1.54, 1.807) is 11.3 Å². The Bertz CT molecular complexity index is 1210. The van der Waals surface area contributed by atoms with Crippen LogP contribution in [-0.2, 0) is 4.79 Å². The average molecular weight is 435 g/mol. The largest absolute Gasteiger partial charge is 0.325 e. The number of carbonyl (C=O) groups is 1. The molecule has 7 heteroatoms. The second-order valence-corrected chi connectivity index (χ2v) is 9.51. The first-order chi connectivity index (χ1) is 14.4. The Labute approximate surface area is 184 Å². The molecule has 1 N–H and O–H groups in total. The monoisotopic (exact) mass is 434 g/mol. The number of hydrogen-bond donors (Lipinski definition) is 1. The van der Waals surface area contributed by atoms with Crippen LogP contribution in [0.1, 0.15) is 21.7 Å². The van der Waals surface area contributed by atoms with Crippen LogP contribution in [0.15, 0.2) is 47.5 Å². The maximum Gasteiger partial charge on any atom is 0.234 e. The molecule has 30 heavy (non-hydrogen) atoms. The number of nitrogens with zero attached hydrogens (tertiary/aromatic N) is 3. The minimum atomic E-state index is -0.0745. The summed E-state index contributed by atoms with van der Waals surface area (Å²) in [5.41, 5.74) is 6.92. The van der Waals surface area contributed by atoms with E-state index < -0.39 is 0 Å². The summed E-state index contributed by atoms with van der Waals surface area (Å²) in [7, 11) is 0. The summed E-state index contributed by atoms with van der Waals surface area (Å²) in [5, 5.41) is 13.5. The van der Waals surface area contributed by atoms with Crippen LogP contribution in [0.2, 0.25) is 0 Å². The third-order valence-electron chi connectivity index (χ3n) is 4.56. The Morgan fingerprint density at radius 3 is 2.37 bits per heavy atom. The number of amides is 1. The number of aromatic nitrogens is 3. The Hall–Kier alpha value is -2.77. The lowest BCUT2D eigenvalue weighted by atomic mass is 10.1. The van der Waals surface area contributed by atoms with Crippen LogP contribution in [0.25, 0.3) is 21.5 Å². The molecule has 5 nitrogen and oxygen atoms in total. The van der Waals surface area contributed by atoms with Crippen LogP contribution in [-0.4, -0.2) is 26.8 Å². The van der Waals surface area contributed by atoms with Gasteiger partial charge in [-0.1, -0.05) is 47.7 Å². The smallest absolute Gasteiger partial charge is 0.234 e. The lowest BCUT2D eigenvalue weighted by molar-refractivity contribution is -0.113. The Morgan fingerprint density at radius 1 is 0.967 bits per heavy atom. The van der Waals surface area contributed by atoms with Crippen molar-refractivity contribution in [1.29, 1.82) is 0 Å². The summed E-state index contributed by atoms with van der Waals surface area (Å²) in [6.07, 6.45) is 0. The van der Waals surface area contributed by atoms with E-state index in [0.29, 0.717) is 5.03 Å². The normalized spacial score (nSPS) is 11.1. The van der Waals surface area contributed by atoms with Gasteiger partial charge >= 0.3 is 0 Å². The second-order valence-electron chi connectivity index (χ2n) is 7.34. The van der Waals surface area contributed by atoms with Crippen LogP contribution < -0.4 is 5.32 Å². The van der Waals surface area contributed by atoms with E-state index in [2.05, 4.69) is 57.8 Å². The maximum absolute atomic E-state index is 12.5. The topological polar surface area (TPSA) is 67.8 Å². The van der Waals surface area contributed by atoms with Gasteiger partial charge < -0.3 is 5.32 Å². The Balaban J connectivity index is 1.55. The highest BCUT2D eigenvalue weighted by Crippen LogP contribution is 2.35. The van der Waals surface area contributed by atoms with Crippen molar-refractivity contribution in [3.63, 3.8) is 0 Å². The highest BCUT2D eigenvalue weighted by Gasteiger charge is 2.17. The molecule has 2 aromatic heterocycles. The minimum Gasteiger partial charge on any atom is -0.325 e. The molecule has 1 amide bonds. The first-order valence-corrected chi connectivity index (χ1v) is 11.4. The number of benzene rings is 2. The van der Waals surface area contributed by atoms with Crippen molar-refractivity contribution in [3.8, 4) is 11.3 Å². The van der Waals surface area contributed by atoms with Gasteiger partial charge in [-0.15, -0.1) is 21.5 Å². The van der Waals surface area contributed by atoms with Crippen molar-refractivity contribution in [2.75, 3.05) is 11.1 Å². The number of hydrogen-bond acceptors (Lipinski definition) is 6. The number of thiazole rings is 1. The highest BCUT2D eigenvalue weighted by molar-refractivity contribution is 8.00. The number of aryl methyl sites for hydroxylation is 4. The quantitative estimate of drug-likeness (QED) is 0.407. The predicted molar refractivity (Wildman–Crippen MR) is 125 cm³/mol. The standard InChI is InChI=1S/C23H22N4OS2/c1-13-5-7-17(8-6-13)20-22-21(24-16(4)30-22)23(27-26-20)29-12-19(28)25-18-10-14(2)9-15(3)11-18/h5-11H,12H2,1-4H3,(H,25,28). The molecule has 0 radical (unpaired) electrons. The molecule has 4 rings (SSSR count). The number of rotatable bonds is 5. The van der Waals surface area contributed by atoms with Gasteiger partial charge in [-0.3, -0.25) is 4.79 Å². The van der Waals surface area contributed by atoms with E-state index >= 15 is 0 Å². The summed E-state index contributed by atoms with van der Waals surface area (Å²) in [5.74, 6) is 0.173. The summed E-state index contributed by atoms with van der Waals surface area (Å²) in [4.78, 5) is 17.1. The third-order valence-corrected chi connectivity index (χ3v) is 6.50. The van der Waals surface area contributed by atoms with E-state index in [0.717, 1.165) is 43.3 Å². The van der Waals surface area contributed by atoms with E-state index in [4.69, 9.17) is 0 Å². The predicted octanol–water partition coefficient (Wildman–Crippen LogP) is 5.72. The van der Waals surface area contributed by atoms with Crippen molar-refractivity contribution in [1.82, 2.24) is 15.2 Å². The molecule has 0 aliphatic heterocycles. The molecule has 0 atom stereocenters. The molecule has 2 heterocycles. The van der Waals surface area contributed by atoms with Crippen molar-refractivity contribution >= 4 is 44.9 Å². The van der Waals surface area contributed by atoms with Crippen molar-refractivity contribution < 1.29 is 4.79 Å². The summed E-state index contributed by atoms with van der Waals surface area (Å²) in [6, 6.07) is 14.3. The van der Waals surface area contributed by atoms with Gasteiger partial charge in [-0.05, 0) is 51.0 Å². The average Bonchev–Trinajstić information content (AvgIpc) is 3.07. The SMILES string of the molecule is Cc1ccc(-c2nnc(SCC(=O)Nc3cc(C)cc(C)c3)c3nc(C)sc23)cc1. The zero-order chi connectivity index (χ0) is 21.3. The minimum absolute atomic E-state index is 0.0745. The molecule has 0 aliphatic rings. The molecule has 0 fully saturated rings. The lowest BCUT2D eigenvalue weighted by Gasteiger charge is -2.08. The molecular formula is C23H22N4OS2. The summed E-state index contributed by atoms with van der Waals surface area (Å²) >= 11 is 2.97. The fourth-order valence-electron chi connectivity index (χ4n) is 3.30. The van der Waals surface area contributed by atoms with E-state index in [1.165, 1.54) is 17.3 Å². The summed E-state index contributed by atoms with van der Waals surface area (Å²) in [6.45, 7) is 8.07. The zero-order valence-electron chi connectivity index (χ0n) is 17.3. The fraction of sp³-hybridized carbons (Fsp3) is 0.217. The van der Waals surface area contributed by atoms with Crippen LogP contribution >= 0.6 is 23.1 Å². The number of fused-ring (bicyclic) bond motifs is 1. The third kappa shape index (κ3) is 4.52. The first-order valence-electron chi connectivity index (χ1n) is 9.61. The number of thioether (sulfide) groups is 1. The van der Waals surface area contributed by atoms with Crippen LogP contribution in [0.5, 0.6) is 0 Å². The van der Waals surface area contributed by atoms with E-state index in [1.807, 2.05) is 32.9 Å². The maximum atomic E-state index is 12.5. The van der Waals surface area contributed by atoms with Crippen LogP contribution in [0, 0.1) is 27.7 Å². The van der Waals surface area contributed by atoms with Crippen molar-refractivity contribution in [2.24, 2.45) is 0 Å². The van der Waals surface area contributed by atoms with Crippen molar-refractivity contribution in [2.45, 2.75) is 32.7 Å². The Kier molecular flexibility index (Phi) is 5.83. The molecule has 0 spiro atoms. The second kappa shape index (κ2) is 8.53. The molecule has 0 aliphatic carbocycles. The molecule has 0 bridgehead atoms. The highest BCUT2D eigenvalue weighted by atomic mass is 32.2. The first kappa shape index (κ1) is 20.5. The van der Waals surface area contributed by atoms with Crippen LogP contribution in [0.3, 0.4) is 0 Å². The summed E-state index contributed by atoms with van der Waals surface area (Å²) < 4.78 is 1.00. The molecule has 2 aromatic carbocycles. The van der Waals surface area contributed by atoms with Crippen molar-refractivity contribution in [3.05, 3.63) is 64.2 Å². The molecule has 0 unspecified atom stereocenters. The van der Waals surface area contributed by atoms with Gasteiger partial charge in [0.05, 0.1) is 15.5 Å². The molecule has 152 valence electrons. The van der Waals surface area contributed by atoms with Gasteiger partial charge in [0.15, 0.2) is 0 Å². The van der Waals surface area contributed by atoms with Gasteiger partial charge in [0.2, 0.25) is 5.91 Å². The van der Waals surface area contributed by atoms with Crippen LogP contribution in [0.4, 0.5) is 5.69 Å². The molecule has 0 saturated heterocycles. The van der Waals surface area contributed by atoms with E-state index in [-0.39, 0.29) is 11.7 Å². The van der Waals surface area contributed by atoms with Gasteiger partial charge in [0, 0.05) is 11.3 Å². The van der Waals surface area contributed by atoms with E-state index in [9.17, 15) is 4.79 Å². The van der Waals surface area contributed by atoms with Gasteiger partial charge in [0.1, 0.15) is 16.2 Å². The number of carbonyl (C=O) groups excluding carboxylic acids is 1. The molecule has 0 saturated carbocycles. The zero-order valence-corrected chi connectivity index (χ0v) is 18.9. The van der Waals surface area contributed by atoms with Gasteiger partial charge in [0.25, 0.3) is 0 Å². The number of nitrogens with one attached hydrogen (secondary N) is 1. The fourth-order valence-corrected chi connectivity index (χ4v) is 5.01. The van der Waals surface area contributed by atoms with Gasteiger partial charge in [-0.25, -0.2) is 4.98 Å².